The number of benzene rings is 2. The van der Waals surface area contributed by atoms with E-state index < -0.39 is 0 Å². The molecule has 2 aromatic carbocycles. The summed E-state index contributed by atoms with van der Waals surface area (Å²) in [6, 6.07) is 13.7. The van der Waals surface area contributed by atoms with Crippen molar-refractivity contribution in [3.63, 3.8) is 0 Å². The Labute approximate surface area is 173 Å². The third-order valence-corrected chi connectivity index (χ3v) is 4.85. The van der Waals surface area contributed by atoms with E-state index in [0.29, 0.717) is 24.7 Å². The third kappa shape index (κ3) is 6.01. The monoisotopic (exact) mass is 394 g/mol. The Hall–Kier alpha value is -2.95. The predicted molar refractivity (Wildman–Crippen MR) is 119 cm³/mol. The van der Waals surface area contributed by atoms with E-state index in [1.807, 2.05) is 44.2 Å². The van der Waals surface area contributed by atoms with Gasteiger partial charge in [-0.2, -0.15) is 0 Å². The average molecular weight is 395 g/mol. The van der Waals surface area contributed by atoms with Crippen LogP contribution in [0.3, 0.4) is 0 Å². The average Bonchev–Trinajstić information content (AvgIpc) is 2.75. The molecule has 0 atom stereocenters. The van der Waals surface area contributed by atoms with Crippen molar-refractivity contribution in [1.29, 1.82) is 0 Å². The van der Waals surface area contributed by atoms with Gasteiger partial charge < -0.3 is 19.7 Å². The van der Waals surface area contributed by atoms with Crippen LogP contribution in [0.5, 0.6) is 11.5 Å². The maximum absolute atomic E-state index is 12.3. The van der Waals surface area contributed by atoms with Crippen molar-refractivity contribution in [2.75, 3.05) is 36.5 Å². The highest BCUT2D eigenvalue weighted by Gasteiger charge is 2.10. The molecule has 1 aliphatic rings. The zero-order valence-electron chi connectivity index (χ0n) is 17.3. The summed E-state index contributed by atoms with van der Waals surface area (Å²) in [5, 5.41) is 2.91. The number of amides is 1. The molecule has 2 aromatic rings. The Bertz CT molecular complexity index is 825. The van der Waals surface area contributed by atoms with Crippen LogP contribution in [0.2, 0.25) is 0 Å². The van der Waals surface area contributed by atoms with E-state index in [-0.39, 0.29) is 5.91 Å². The molecule has 1 saturated heterocycles. The van der Waals surface area contributed by atoms with Gasteiger partial charge in [0.05, 0.1) is 13.2 Å². The van der Waals surface area contributed by atoms with Crippen LogP contribution in [-0.2, 0) is 4.79 Å². The first-order valence-corrected chi connectivity index (χ1v) is 10.4. The Morgan fingerprint density at radius 1 is 0.966 bits per heavy atom. The van der Waals surface area contributed by atoms with Crippen molar-refractivity contribution < 1.29 is 14.3 Å². The number of rotatable bonds is 8. The summed E-state index contributed by atoms with van der Waals surface area (Å²) in [6.45, 7) is 7.23. The molecule has 154 valence electrons. The van der Waals surface area contributed by atoms with E-state index in [1.54, 1.807) is 6.08 Å². The zero-order valence-corrected chi connectivity index (χ0v) is 17.3. The number of nitrogens with one attached hydrogen (secondary N) is 1. The van der Waals surface area contributed by atoms with Gasteiger partial charge >= 0.3 is 0 Å². The molecule has 1 heterocycles. The molecule has 0 unspecified atom stereocenters. The smallest absolute Gasteiger partial charge is 0.248 e. The van der Waals surface area contributed by atoms with Gasteiger partial charge in [0.2, 0.25) is 5.91 Å². The van der Waals surface area contributed by atoms with Crippen molar-refractivity contribution in [3.8, 4) is 11.5 Å². The van der Waals surface area contributed by atoms with Crippen LogP contribution >= 0.6 is 0 Å². The lowest BCUT2D eigenvalue weighted by Crippen LogP contribution is -2.29. The second kappa shape index (κ2) is 10.6. The van der Waals surface area contributed by atoms with Crippen molar-refractivity contribution in [2.45, 2.75) is 33.1 Å². The topological polar surface area (TPSA) is 50.8 Å². The highest BCUT2D eigenvalue weighted by molar-refractivity contribution is 6.02. The summed E-state index contributed by atoms with van der Waals surface area (Å²) in [4.78, 5) is 14.7. The molecule has 1 aliphatic heterocycles. The van der Waals surface area contributed by atoms with Crippen molar-refractivity contribution in [1.82, 2.24) is 0 Å². The quantitative estimate of drug-likeness (QED) is 0.631. The van der Waals surface area contributed by atoms with Gasteiger partial charge in [-0.25, -0.2) is 0 Å². The second-order valence-electron chi connectivity index (χ2n) is 6.99. The van der Waals surface area contributed by atoms with Crippen LogP contribution in [-0.4, -0.2) is 32.2 Å². The molecule has 0 saturated carbocycles. The minimum Gasteiger partial charge on any atom is -0.490 e. The van der Waals surface area contributed by atoms with Gasteiger partial charge in [0.1, 0.15) is 0 Å². The lowest BCUT2D eigenvalue weighted by Gasteiger charge is -2.28. The molecule has 1 amide bonds. The van der Waals surface area contributed by atoms with E-state index in [9.17, 15) is 4.79 Å². The molecule has 5 heteroatoms. The molecule has 1 fully saturated rings. The normalized spacial score (nSPS) is 14.1. The van der Waals surface area contributed by atoms with Gasteiger partial charge in [-0.15, -0.1) is 0 Å². The van der Waals surface area contributed by atoms with Gasteiger partial charge in [0.25, 0.3) is 0 Å². The highest BCUT2D eigenvalue weighted by Crippen LogP contribution is 2.29. The van der Waals surface area contributed by atoms with E-state index in [2.05, 4.69) is 22.3 Å². The number of carbonyl (C=O) groups excluding carboxylic acids is 1. The Kier molecular flexibility index (Phi) is 7.56. The maximum Gasteiger partial charge on any atom is 0.248 e. The zero-order chi connectivity index (χ0) is 20.5. The molecule has 0 spiro atoms. The van der Waals surface area contributed by atoms with Crippen LogP contribution in [0.1, 0.15) is 38.7 Å². The van der Waals surface area contributed by atoms with E-state index >= 15 is 0 Å². The lowest BCUT2D eigenvalue weighted by molar-refractivity contribution is -0.111. The molecule has 3 rings (SSSR count). The molecular weight excluding hydrogens is 364 g/mol. The number of carbonyl (C=O) groups is 1. The Morgan fingerprint density at radius 2 is 1.66 bits per heavy atom. The molecule has 1 N–H and O–H groups in total. The van der Waals surface area contributed by atoms with Crippen LogP contribution in [0.25, 0.3) is 6.08 Å². The molecule has 0 aliphatic carbocycles. The summed E-state index contributed by atoms with van der Waals surface area (Å²) < 4.78 is 11.2. The minimum absolute atomic E-state index is 0.164. The summed E-state index contributed by atoms with van der Waals surface area (Å²) in [5.74, 6) is 1.23. The molecule has 0 bridgehead atoms. The number of piperidine rings is 1. The number of hydrogen-bond donors (Lipinski definition) is 1. The van der Waals surface area contributed by atoms with Crippen LogP contribution < -0.4 is 19.7 Å². The predicted octanol–water partition coefficient (Wildman–Crippen LogP) is 5.13. The van der Waals surface area contributed by atoms with Crippen molar-refractivity contribution in [3.05, 3.63) is 54.1 Å². The van der Waals surface area contributed by atoms with Gasteiger partial charge in [-0.1, -0.05) is 6.07 Å². The van der Waals surface area contributed by atoms with E-state index in [4.69, 9.17) is 9.47 Å². The SMILES string of the molecule is CCOc1ccc(/C=C/C(=O)Nc2ccc(N3CCCCC3)cc2)cc1OCC. The lowest BCUT2D eigenvalue weighted by atomic mass is 10.1. The first kappa shape index (κ1) is 20.8. The molecule has 0 radical (unpaired) electrons. The number of hydrogen-bond acceptors (Lipinski definition) is 4. The largest absolute Gasteiger partial charge is 0.490 e. The summed E-state index contributed by atoms with van der Waals surface area (Å²) in [7, 11) is 0. The first-order chi connectivity index (χ1) is 14.2. The second-order valence-corrected chi connectivity index (χ2v) is 6.99. The molecular formula is C24H30N2O3. The van der Waals surface area contributed by atoms with Crippen molar-refractivity contribution >= 4 is 23.4 Å². The summed E-state index contributed by atoms with van der Waals surface area (Å²) >= 11 is 0. The fourth-order valence-electron chi connectivity index (χ4n) is 3.43. The Balaban J connectivity index is 1.59. The maximum atomic E-state index is 12.3. The third-order valence-electron chi connectivity index (χ3n) is 4.85. The highest BCUT2D eigenvalue weighted by atomic mass is 16.5. The minimum atomic E-state index is -0.164. The summed E-state index contributed by atoms with van der Waals surface area (Å²) in [5.41, 5.74) is 2.89. The van der Waals surface area contributed by atoms with Crippen LogP contribution in [0.4, 0.5) is 11.4 Å². The van der Waals surface area contributed by atoms with Gasteiger partial charge in [-0.3, -0.25) is 4.79 Å². The van der Waals surface area contributed by atoms with Gasteiger partial charge in [-0.05, 0) is 81.1 Å². The number of anilines is 2. The van der Waals surface area contributed by atoms with Crippen LogP contribution in [0, 0.1) is 0 Å². The summed E-state index contributed by atoms with van der Waals surface area (Å²) in [6.07, 6.45) is 7.12. The van der Waals surface area contributed by atoms with Crippen LogP contribution in [0.15, 0.2) is 48.5 Å². The van der Waals surface area contributed by atoms with E-state index in [1.165, 1.54) is 31.0 Å². The first-order valence-electron chi connectivity index (χ1n) is 10.4. The molecule has 0 aromatic heterocycles. The fourth-order valence-corrected chi connectivity index (χ4v) is 3.43. The fraction of sp³-hybridized carbons (Fsp3) is 0.375. The number of nitrogens with zero attached hydrogens (tertiary/aromatic N) is 1. The molecule has 5 nitrogen and oxygen atoms in total. The standard InChI is InChI=1S/C24H30N2O3/c1-3-28-22-14-8-19(18-23(22)29-4-2)9-15-24(27)25-20-10-12-21(13-11-20)26-16-6-5-7-17-26/h8-15,18H,3-7,16-17H2,1-2H3,(H,25,27)/b15-9+. The van der Waals surface area contributed by atoms with E-state index in [0.717, 1.165) is 24.3 Å². The van der Waals surface area contributed by atoms with Gasteiger partial charge in [0, 0.05) is 30.5 Å². The number of ether oxygens (including phenoxy) is 2. The Morgan fingerprint density at radius 3 is 2.34 bits per heavy atom. The van der Waals surface area contributed by atoms with Crippen molar-refractivity contribution in [2.24, 2.45) is 0 Å². The molecule has 29 heavy (non-hydrogen) atoms. The van der Waals surface area contributed by atoms with Gasteiger partial charge in [0.15, 0.2) is 11.5 Å².